The van der Waals surface area contributed by atoms with E-state index in [9.17, 15) is 8.42 Å². The van der Waals surface area contributed by atoms with Crippen molar-refractivity contribution in [3.05, 3.63) is 54.2 Å². The van der Waals surface area contributed by atoms with Gasteiger partial charge in [0.25, 0.3) is 0 Å². The normalized spacial score (nSPS) is 12.2. The number of thiazole rings is 1. The van der Waals surface area contributed by atoms with Crippen LogP contribution in [0.1, 0.15) is 5.69 Å². The molecule has 0 saturated heterocycles. The fourth-order valence-electron chi connectivity index (χ4n) is 2.27. The highest BCUT2D eigenvalue weighted by Crippen LogP contribution is 2.28. The van der Waals surface area contributed by atoms with Gasteiger partial charge in [0.2, 0.25) is 14.2 Å². The maximum Gasteiger partial charge on any atom is 0.211 e. The molecule has 2 aromatic heterocycles. The second-order valence-corrected chi connectivity index (χ2v) is 8.03. The van der Waals surface area contributed by atoms with Crippen LogP contribution in [0.15, 0.2) is 57.4 Å². The van der Waals surface area contributed by atoms with E-state index < -0.39 is 9.84 Å². The Bertz CT molecular complexity index is 1050. The maximum atomic E-state index is 12.6. The van der Waals surface area contributed by atoms with Crippen molar-refractivity contribution in [2.45, 2.75) is 10.1 Å². The smallest absolute Gasteiger partial charge is 0.211 e. The number of sulfone groups is 1. The van der Waals surface area contributed by atoms with E-state index in [4.69, 9.17) is 4.52 Å². The second-order valence-electron chi connectivity index (χ2n) is 4.83. The van der Waals surface area contributed by atoms with Crippen molar-refractivity contribution in [2.24, 2.45) is 0 Å². The largest absolute Gasteiger partial charge is 0.356 e. The summed E-state index contributed by atoms with van der Waals surface area (Å²) >= 11 is 1.17. The van der Waals surface area contributed by atoms with Gasteiger partial charge in [-0.15, -0.1) is 11.3 Å². The van der Waals surface area contributed by atoms with E-state index in [1.807, 2.05) is 30.3 Å². The molecule has 5 nitrogen and oxygen atoms in total. The van der Waals surface area contributed by atoms with E-state index in [2.05, 4.69) is 10.1 Å². The summed E-state index contributed by atoms with van der Waals surface area (Å²) in [7, 11) is -3.55. The summed E-state index contributed by atoms with van der Waals surface area (Å²) in [4.78, 5) is 4.22. The monoisotopic (exact) mass is 330 g/mol. The van der Waals surface area contributed by atoms with Gasteiger partial charge in [-0.1, -0.05) is 29.4 Å². The molecule has 22 heavy (non-hydrogen) atoms. The number of fused-ring (bicyclic) bond motifs is 2. The van der Waals surface area contributed by atoms with Crippen LogP contribution in [-0.4, -0.2) is 18.6 Å². The second kappa shape index (κ2) is 4.89. The van der Waals surface area contributed by atoms with Crippen LogP contribution in [0.25, 0.3) is 21.2 Å². The van der Waals surface area contributed by atoms with Crippen LogP contribution in [0.2, 0.25) is 0 Å². The topological polar surface area (TPSA) is 73.1 Å². The van der Waals surface area contributed by atoms with E-state index in [1.165, 1.54) is 11.3 Å². The van der Waals surface area contributed by atoms with Gasteiger partial charge in [-0.05, 0) is 24.3 Å². The van der Waals surface area contributed by atoms with Gasteiger partial charge in [0, 0.05) is 5.39 Å². The number of hydrogen-bond donors (Lipinski definition) is 0. The van der Waals surface area contributed by atoms with Crippen LogP contribution in [0.3, 0.4) is 0 Å². The summed E-state index contributed by atoms with van der Waals surface area (Å²) in [6, 6.07) is 14.6. The molecule has 0 atom stereocenters. The Hall–Kier alpha value is -2.25. The fourth-order valence-corrected chi connectivity index (χ4v) is 4.85. The molecule has 0 aliphatic carbocycles. The predicted molar refractivity (Wildman–Crippen MR) is 84.5 cm³/mol. The van der Waals surface area contributed by atoms with E-state index in [0.29, 0.717) is 22.2 Å². The Balaban J connectivity index is 1.77. The summed E-state index contributed by atoms with van der Waals surface area (Å²) in [5, 5.41) is 4.60. The van der Waals surface area contributed by atoms with Gasteiger partial charge in [-0.25, -0.2) is 13.4 Å². The van der Waals surface area contributed by atoms with Gasteiger partial charge in [-0.2, -0.15) is 0 Å². The van der Waals surface area contributed by atoms with Crippen molar-refractivity contribution in [1.29, 1.82) is 0 Å². The maximum absolute atomic E-state index is 12.6. The van der Waals surface area contributed by atoms with Crippen molar-refractivity contribution in [1.82, 2.24) is 10.1 Å². The van der Waals surface area contributed by atoms with Crippen molar-refractivity contribution in [2.75, 3.05) is 0 Å². The highest BCUT2D eigenvalue weighted by Gasteiger charge is 2.23. The molecular formula is C15H10N2O3S2. The Morgan fingerprint density at radius 1 is 1.05 bits per heavy atom. The van der Waals surface area contributed by atoms with Crippen molar-refractivity contribution >= 4 is 42.4 Å². The van der Waals surface area contributed by atoms with Gasteiger partial charge in [-0.3, -0.25) is 0 Å². The van der Waals surface area contributed by atoms with E-state index in [0.717, 1.165) is 4.70 Å². The third kappa shape index (κ3) is 2.18. The van der Waals surface area contributed by atoms with Crippen LogP contribution in [0.5, 0.6) is 0 Å². The summed E-state index contributed by atoms with van der Waals surface area (Å²) in [5.41, 5.74) is 1.68. The van der Waals surface area contributed by atoms with Crippen molar-refractivity contribution in [3.8, 4) is 0 Å². The Labute approximate surface area is 130 Å². The standard InChI is InChI=1S/C15H10N2O3S2/c18-22(19,15-16-11-6-2-4-8-14(11)21-15)9-12-10-5-1-3-7-13(10)20-17-12/h1-8H,9H2. The van der Waals surface area contributed by atoms with Gasteiger partial charge in [0.05, 0.1) is 10.2 Å². The lowest BCUT2D eigenvalue weighted by Gasteiger charge is -1.97. The minimum absolute atomic E-state index is 0.112. The van der Waals surface area contributed by atoms with Gasteiger partial charge < -0.3 is 4.52 Å². The first-order chi connectivity index (χ1) is 10.6. The van der Waals surface area contributed by atoms with Crippen LogP contribution in [0, 0.1) is 0 Å². The van der Waals surface area contributed by atoms with Crippen LogP contribution in [-0.2, 0) is 15.6 Å². The number of rotatable bonds is 3. The lowest BCUT2D eigenvalue weighted by molar-refractivity contribution is 0.448. The molecule has 0 aliphatic rings. The first-order valence-electron chi connectivity index (χ1n) is 6.55. The molecule has 0 amide bonds. The zero-order valence-corrected chi connectivity index (χ0v) is 12.9. The molecule has 110 valence electrons. The number of hydrogen-bond acceptors (Lipinski definition) is 6. The van der Waals surface area contributed by atoms with Gasteiger partial charge in [0.1, 0.15) is 11.4 Å². The summed E-state index contributed by atoms with van der Waals surface area (Å²) < 4.78 is 31.3. The Morgan fingerprint density at radius 2 is 1.82 bits per heavy atom. The first kappa shape index (κ1) is 13.4. The molecule has 0 spiro atoms. The third-order valence-corrected chi connectivity index (χ3v) is 6.44. The van der Waals surface area contributed by atoms with Crippen LogP contribution in [0.4, 0.5) is 0 Å². The first-order valence-corrected chi connectivity index (χ1v) is 9.02. The zero-order valence-electron chi connectivity index (χ0n) is 11.3. The zero-order chi connectivity index (χ0) is 15.2. The number of benzene rings is 2. The third-order valence-electron chi connectivity index (χ3n) is 3.32. The molecule has 0 fully saturated rings. The summed E-state index contributed by atoms with van der Waals surface area (Å²) in [5.74, 6) is -0.218. The number of aromatic nitrogens is 2. The highest BCUT2D eigenvalue weighted by molar-refractivity contribution is 7.92. The lowest BCUT2D eigenvalue weighted by Crippen LogP contribution is -2.05. The quantitative estimate of drug-likeness (QED) is 0.575. The molecule has 4 aromatic rings. The van der Waals surface area contributed by atoms with Crippen LogP contribution < -0.4 is 0 Å². The average molecular weight is 330 g/mol. The fraction of sp³-hybridized carbons (Fsp3) is 0.0667. The SMILES string of the molecule is O=S(=O)(Cc1noc2ccccc12)c1nc2ccccc2s1. The summed E-state index contributed by atoms with van der Waals surface area (Å²) in [6.45, 7) is 0. The van der Waals surface area contributed by atoms with E-state index >= 15 is 0 Å². The predicted octanol–water partition coefficient (Wildman–Crippen LogP) is 3.41. The molecule has 0 unspecified atom stereocenters. The average Bonchev–Trinajstić information content (AvgIpc) is 3.12. The minimum Gasteiger partial charge on any atom is -0.356 e. The molecule has 0 saturated carbocycles. The Kier molecular flexibility index (Phi) is 2.98. The molecule has 0 bridgehead atoms. The molecule has 7 heteroatoms. The number of nitrogens with zero attached hydrogens (tertiary/aromatic N) is 2. The van der Waals surface area contributed by atoms with Gasteiger partial charge >= 0.3 is 0 Å². The molecule has 4 rings (SSSR count). The molecular weight excluding hydrogens is 320 g/mol. The highest BCUT2D eigenvalue weighted by atomic mass is 32.2. The van der Waals surface area contributed by atoms with E-state index in [-0.39, 0.29) is 10.1 Å². The lowest BCUT2D eigenvalue weighted by atomic mass is 10.2. The number of para-hydroxylation sites is 2. The van der Waals surface area contributed by atoms with Crippen molar-refractivity contribution < 1.29 is 12.9 Å². The Morgan fingerprint density at radius 3 is 2.68 bits per heavy atom. The van der Waals surface area contributed by atoms with Gasteiger partial charge in [0.15, 0.2) is 5.58 Å². The molecule has 0 N–H and O–H groups in total. The summed E-state index contributed by atoms with van der Waals surface area (Å²) in [6.07, 6.45) is 0. The van der Waals surface area contributed by atoms with Crippen molar-refractivity contribution in [3.63, 3.8) is 0 Å². The molecule has 0 radical (unpaired) electrons. The molecule has 2 aromatic carbocycles. The molecule has 0 aliphatic heterocycles. The minimum atomic E-state index is -3.55. The van der Waals surface area contributed by atoms with Crippen LogP contribution >= 0.6 is 11.3 Å². The van der Waals surface area contributed by atoms with E-state index in [1.54, 1.807) is 18.2 Å². The molecule has 2 heterocycles.